The van der Waals surface area contributed by atoms with Crippen molar-refractivity contribution in [3.8, 4) is 11.4 Å². The number of hydrogen-bond acceptors (Lipinski definition) is 7. The number of rotatable bonds is 9. The fourth-order valence-corrected chi connectivity index (χ4v) is 4.71. The van der Waals surface area contributed by atoms with Gasteiger partial charge in [0.05, 0.1) is 25.1 Å². The fourth-order valence-electron chi connectivity index (χ4n) is 4.71. The Labute approximate surface area is 216 Å². The van der Waals surface area contributed by atoms with Crippen molar-refractivity contribution in [2.75, 3.05) is 45.4 Å². The van der Waals surface area contributed by atoms with Gasteiger partial charge in [-0.15, -0.1) is 0 Å². The van der Waals surface area contributed by atoms with Crippen LogP contribution in [-0.2, 0) is 11.2 Å². The Balaban J connectivity index is 1.68. The summed E-state index contributed by atoms with van der Waals surface area (Å²) in [4.78, 5) is 28.8. The molecule has 10 nitrogen and oxygen atoms in total. The lowest BCUT2D eigenvalue weighted by Crippen LogP contribution is -2.37. The van der Waals surface area contributed by atoms with Crippen LogP contribution >= 0.6 is 0 Å². The Kier molecular flexibility index (Phi) is 7.80. The minimum Gasteiger partial charge on any atom is -0.497 e. The maximum atomic E-state index is 13.1. The lowest BCUT2D eigenvalue weighted by Gasteiger charge is -2.35. The maximum absolute atomic E-state index is 13.1. The molecule has 4 rings (SSSR count). The predicted molar refractivity (Wildman–Crippen MR) is 139 cm³/mol. The number of amides is 2. The number of methoxy groups -OCH3 is 2. The van der Waals surface area contributed by atoms with Crippen molar-refractivity contribution in [2.45, 2.75) is 26.5 Å². The second-order valence-corrected chi connectivity index (χ2v) is 8.88. The van der Waals surface area contributed by atoms with Crippen molar-refractivity contribution in [1.82, 2.24) is 14.7 Å². The standard InChI is InChI=1S/C27H33N5O5/c1-5-30(14-15-36-3)26(34)21-11-8-19(16-17(21)2)31-13-12-22-23(25(28)33)29-32(24(22)27(31)35)18-6-9-20(37-4)10-7-18/h6-11,16,27,35H,5,12-15H2,1-4H3,(H2,28,33). The van der Waals surface area contributed by atoms with E-state index in [4.69, 9.17) is 15.2 Å². The van der Waals surface area contributed by atoms with E-state index in [0.717, 1.165) is 11.3 Å². The lowest BCUT2D eigenvalue weighted by molar-refractivity contribution is 0.0705. The zero-order chi connectivity index (χ0) is 26.7. The average Bonchev–Trinajstić information content (AvgIpc) is 3.30. The molecule has 0 bridgehead atoms. The molecule has 10 heteroatoms. The third-order valence-electron chi connectivity index (χ3n) is 6.72. The van der Waals surface area contributed by atoms with E-state index in [1.165, 1.54) is 0 Å². The van der Waals surface area contributed by atoms with Crippen molar-refractivity contribution in [1.29, 1.82) is 0 Å². The number of nitrogens with two attached hydrogens (primary N) is 1. The van der Waals surface area contributed by atoms with Gasteiger partial charge in [-0.05, 0) is 68.3 Å². The van der Waals surface area contributed by atoms with Gasteiger partial charge < -0.3 is 30.1 Å². The van der Waals surface area contributed by atoms with Gasteiger partial charge >= 0.3 is 0 Å². The first kappa shape index (κ1) is 26.2. The molecule has 2 heterocycles. The average molecular weight is 508 g/mol. The van der Waals surface area contributed by atoms with E-state index in [9.17, 15) is 14.7 Å². The smallest absolute Gasteiger partial charge is 0.269 e. The molecule has 1 aromatic heterocycles. The molecule has 0 saturated heterocycles. The van der Waals surface area contributed by atoms with E-state index < -0.39 is 12.1 Å². The van der Waals surface area contributed by atoms with Gasteiger partial charge in [0.15, 0.2) is 11.9 Å². The van der Waals surface area contributed by atoms with Crippen LogP contribution in [0.15, 0.2) is 42.5 Å². The third kappa shape index (κ3) is 5.03. The Morgan fingerprint density at radius 2 is 1.86 bits per heavy atom. The number of primary amides is 1. The molecule has 37 heavy (non-hydrogen) atoms. The largest absolute Gasteiger partial charge is 0.497 e. The highest BCUT2D eigenvalue weighted by Gasteiger charge is 2.34. The summed E-state index contributed by atoms with van der Waals surface area (Å²) in [5.74, 6) is -0.0263. The molecule has 1 atom stereocenters. The molecular formula is C27H33N5O5. The second kappa shape index (κ2) is 11.0. The topological polar surface area (TPSA) is 123 Å². The van der Waals surface area contributed by atoms with Gasteiger partial charge in [0.2, 0.25) is 0 Å². The van der Waals surface area contributed by atoms with Gasteiger partial charge in [0.25, 0.3) is 11.8 Å². The third-order valence-corrected chi connectivity index (χ3v) is 6.72. The maximum Gasteiger partial charge on any atom is 0.269 e. The van der Waals surface area contributed by atoms with Gasteiger partial charge in [0, 0.05) is 43.6 Å². The molecule has 196 valence electrons. The van der Waals surface area contributed by atoms with Crippen LogP contribution < -0.4 is 15.4 Å². The molecule has 3 N–H and O–H groups in total. The van der Waals surface area contributed by atoms with Crippen LogP contribution in [0.4, 0.5) is 5.69 Å². The molecule has 0 spiro atoms. The van der Waals surface area contributed by atoms with E-state index in [-0.39, 0.29) is 11.6 Å². The SMILES string of the molecule is CCN(CCOC)C(=O)c1ccc(N2CCc3c(C(N)=O)nn(-c4ccc(OC)cc4)c3C2O)cc1C. The van der Waals surface area contributed by atoms with Crippen molar-refractivity contribution < 1.29 is 24.2 Å². The summed E-state index contributed by atoms with van der Waals surface area (Å²) < 4.78 is 11.9. The van der Waals surface area contributed by atoms with E-state index in [1.54, 1.807) is 54.1 Å². The summed E-state index contributed by atoms with van der Waals surface area (Å²) in [6.45, 7) is 5.83. The van der Waals surface area contributed by atoms with Crippen LogP contribution in [0.1, 0.15) is 50.8 Å². The summed E-state index contributed by atoms with van der Waals surface area (Å²) in [5.41, 5.74) is 9.72. The molecule has 3 aromatic rings. The van der Waals surface area contributed by atoms with Crippen LogP contribution in [0, 0.1) is 6.92 Å². The van der Waals surface area contributed by atoms with Gasteiger partial charge in [-0.1, -0.05) is 0 Å². The Morgan fingerprint density at radius 3 is 2.46 bits per heavy atom. The Morgan fingerprint density at radius 1 is 1.16 bits per heavy atom. The van der Waals surface area contributed by atoms with Gasteiger partial charge in [-0.25, -0.2) is 4.68 Å². The molecular weight excluding hydrogens is 474 g/mol. The highest BCUT2D eigenvalue weighted by molar-refractivity contribution is 5.96. The number of aliphatic hydroxyl groups excluding tert-OH is 1. The molecule has 1 unspecified atom stereocenters. The number of carbonyl (C=O) groups excluding carboxylic acids is 2. The normalized spacial score (nSPS) is 14.8. The van der Waals surface area contributed by atoms with Crippen molar-refractivity contribution in [3.63, 3.8) is 0 Å². The summed E-state index contributed by atoms with van der Waals surface area (Å²) in [6, 6.07) is 12.7. The van der Waals surface area contributed by atoms with Crippen LogP contribution in [0.2, 0.25) is 0 Å². The minimum atomic E-state index is -1.08. The van der Waals surface area contributed by atoms with Crippen LogP contribution in [0.5, 0.6) is 5.75 Å². The number of aryl methyl sites for hydroxylation is 1. The second-order valence-electron chi connectivity index (χ2n) is 8.88. The van der Waals surface area contributed by atoms with Crippen LogP contribution in [-0.4, -0.2) is 72.1 Å². The highest BCUT2D eigenvalue weighted by Crippen LogP contribution is 2.36. The van der Waals surface area contributed by atoms with Gasteiger partial charge in [-0.3, -0.25) is 9.59 Å². The quantitative estimate of drug-likeness (QED) is 0.456. The first-order valence-electron chi connectivity index (χ1n) is 12.2. The zero-order valence-corrected chi connectivity index (χ0v) is 21.6. The number of aromatic nitrogens is 2. The number of anilines is 1. The van der Waals surface area contributed by atoms with E-state index >= 15 is 0 Å². The van der Waals surface area contributed by atoms with Gasteiger partial charge in [-0.2, -0.15) is 5.10 Å². The molecule has 0 saturated carbocycles. The van der Waals surface area contributed by atoms with E-state index in [0.29, 0.717) is 60.9 Å². The number of carbonyl (C=O) groups is 2. The summed E-state index contributed by atoms with van der Waals surface area (Å²) in [6.07, 6.45) is -0.609. The first-order chi connectivity index (χ1) is 17.8. The summed E-state index contributed by atoms with van der Waals surface area (Å²) >= 11 is 0. The van der Waals surface area contributed by atoms with E-state index in [2.05, 4.69) is 5.10 Å². The molecule has 2 aromatic carbocycles. The number of likely N-dealkylation sites (N-methyl/N-ethyl adjacent to an activating group) is 1. The molecule has 0 aliphatic carbocycles. The van der Waals surface area contributed by atoms with Crippen LogP contribution in [0.3, 0.4) is 0 Å². The first-order valence-corrected chi connectivity index (χ1v) is 12.2. The molecule has 2 amide bonds. The number of nitrogens with zero attached hydrogens (tertiary/aromatic N) is 4. The van der Waals surface area contributed by atoms with Crippen molar-refractivity contribution >= 4 is 17.5 Å². The number of fused-ring (bicyclic) bond motifs is 1. The van der Waals surface area contributed by atoms with Crippen molar-refractivity contribution in [2.24, 2.45) is 5.73 Å². The van der Waals surface area contributed by atoms with Gasteiger partial charge in [0.1, 0.15) is 5.75 Å². The minimum absolute atomic E-state index is 0.0613. The number of hydrogen-bond donors (Lipinski definition) is 2. The predicted octanol–water partition coefficient (Wildman–Crippen LogP) is 2.45. The Bertz CT molecular complexity index is 1290. The molecule has 0 fully saturated rings. The number of aliphatic hydroxyl groups is 1. The number of benzene rings is 2. The number of ether oxygens (including phenoxy) is 2. The Hall–Kier alpha value is -3.89. The summed E-state index contributed by atoms with van der Waals surface area (Å²) in [5, 5.41) is 16.0. The highest BCUT2D eigenvalue weighted by atomic mass is 16.5. The zero-order valence-electron chi connectivity index (χ0n) is 21.6. The molecule has 0 radical (unpaired) electrons. The monoisotopic (exact) mass is 507 g/mol. The lowest BCUT2D eigenvalue weighted by atomic mass is 10.00. The molecule has 1 aliphatic rings. The van der Waals surface area contributed by atoms with Crippen molar-refractivity contribution in [3.05, 3.63) is 70.5 Å². The fraction of sp³-hybridized carbons (Fsp3) is 0.370. The molecule has 1 aliphatic heterocycles. The summed E-state index contributed by atoms with van der Waals surface area (Å²) in [7, 11) is 3.19. The van der Waals surface area contributed by atoms with E-state index in [1.807, 2.05) is 30.9 Å². The van der Waals surface area contributed by atoms with Crippen LogP contribution in [0.25, 0.3) is 5.69 Å².